The van der Waals surface area contributed by atoms with Crippen LogP contribution in [-0.2, 0) is 87.9 Å². The smallest absolute Gasteiger partial charge is 0.326 e. The van der Waals surface area contributed by atoms with Crippen LogP contribution in [0.2, 0.25) is 0 Å². The molecule has 2 rings (SSSR count). The number of carboxylic acid groups (broad SMARTS) is 3. The minimum absolute atomic E-state index is 0.0546. The summed E-state index contributed by atoms with van der Waals surface area (Å²) in [4.78, 5) is 236. The van der Waals surface area contributed by atoms with E-state index in [2.05, 4.69) is 74.1 Å². The number of fused-ring (bicyclic) bond motifs is 1. The van der Waals surface area contributed by atoms with Gasteiger partial charge in [-0.3, -0.25) is 76.7 Å². The quantitative estimate of drug-likeness (QED) is 0.0328. The molecule has 2 aromatic rings. The van der Waals surface area contributed by atoms with E-state index in [0.717, 1.165) is 0 Å². The molecule has 0 radical (unpaired) electrons. The molecule has 658 valence electrons. The van der Waals surface area contributed by atoms with Gasteiger partial charge in [-0.15, -0.1) is 0 Å². The van der Waals surface area contributed by atoms with E-state index in [0.29, 0.717) is 48.6 Å². The number of aromatic nitrogens is 1. The number of aromatic amines is 1. The van der Waals surface area contributed by atoms with Crippen LogP contribution in [-0.4, -0.2) is 225 Å². The van der Waals surface area contributed by atoms with E-state index in [1.807, 2.05) is 0 Å². The number of para-hydroxylation sites is 1. The van der Waals surface area contributed by atoms with Gasteiger partial charge < -0.3 is 118 Å². The van der Waals surface area contributed by atoms with Crippen molar-refractivity contribution in [2.75, 3.05) is 19.6 Å². The molecule has 16 atom stereocenters. The molecule has 117 heavy (non-hydrogen) atoms. The van der Waals surface area contributed by atoms with E-state index in [9.17, 15) is 96.8 Å². The predicted octanol–water partition coefficient (Wildman–Crippen LogP) is -1.70. The highest BCUT2D eigenvalue weighted by Crippen LogP contribution is 2.21. The third-order valence-electron chi connectivity index (χ3n) is 19.7. The van der Waals surface area contributed by atoms with Crippen molar-refractivity contribution in [1.82, 2.24) is 74.1 Å². The van der Waals surface area contributed by atoms with Crippen molar-refractivity contribution in [2.45, 2.75) is 290 Å². The number of carboxylic acids is 3. The van der Waals surface area contributed by atoms with Gasteiger partial charge in [-0.2, -0.15) is 0 Å². The first kappa shape index (κ1) is 103. The number of benzene rings is 1. The van der Waals surface area contributed by atoms with Gasteiger partial charge >= 0.3 is 17.9 Å². The monoisotopic (exact) mass is 1650 g/mol. The summed E-state index contributed by atoms with van der Waals surface area (Å²) in [6.45, 7) is 20.2. The number of nitrogens with two attached hydrogens (primary N) is 5. The number of carbonyl (C=O) groups excluding carboxylic acids is 14. The van der Waals surface area contributed by atoms with Crippen LogP contribution in [0.4, 0.5) is 0 Å². The number of nitrogens with one attached hydrogen (secondary N) is 14. The summed E-state index contributed by atoms with van der Waals surface area (Å²) in [5, 5.41) is 63.3. The van der Waals surface area contributed by atoms with Crippen molar-refractivity contribution in [3.8, 4) is 0 Å². The topological polar surface area (TPSA) is 653 Å². The van der Waals surface area contributed by atoms with Crippen LogP contribution in [0.3, 0.4) is 0 Å². The van der Waals surface area contributed by atoms with Crippen LogP contribution in [0.5, 0.6) is 0 Å². The lowest BCUT2D eigenvalue weighted by molar-refractivity contribution is -0.143. The van der Waals surface area contributed by atoms with E-state index in [4.69, 9.17) is 28.7 Å². The Morgan fingerprint density at radius 1 is 0.376 bits per heavy atom. The minimum Gasteiger partial charge on any atom is -0.481 e. The van der Waals surface area contributed by atoms with Gasteiger partial charge in [-0.25, -0.2) is 4.79 Å². The lowest BCUT2D eigenvalue weighted by atomic mass is 9.96. The van der Waals surface area contributed by atoms with Gasteiger partial charge in [-0.05, 0) is 158 Å². The molecule has 14 amide bonds. The standard InChI is InChI=1S/C78H131N19O20/c1-13-43(9)63(83)76(114)95-58(38-62(101)102)75(113)93-56(36-47-39-84-49-24-16-15-23-48(47)49)74(112)89-51(26-18-21-31-80)68(106)88-52(27-19-22-32-81)69(107)91-54(33-40(3)4)72(110)92-55(34-41(5)6)73(111)94-57(37-61(99)100)71(109)86-45(11)65(103)85-46(12)66(104)87-50(25-17-20-30-79)67(105)90-53(28-29-60(82)98)70(108)97-64(44(10)14-2)77(115)96-59(78(116)117)35-42(7)8/h15-16,23-24,39-46,50-59,63-64,84H,13-14,17-22,25-38,79-81,83H2,1-12H3,(H2,82,98)(H,85,103)(H,86,109)(H,87,104)(H,88,106)(H,89,112)(H,90,105)(H,91,107)(H,92,110)(H,93,113)(H,94,111)(H,95,114)(H,96,115)(H,97,108)(H,99,100)(H,101,102)(H,116,117)/t43-,44-,45-,46-,50-,51-,52-,53-,54-,55-,56-,57-,58-,59-,63-,64-/m0/s1. The number of unbranched alkanes of at least 4 members (excludes halogenated alkanes) is 3. The third kappa shape index (κ3) is 37.6. The number of amides is 14. The van der Waals surface area contributed by atoms with Gasteiger partial charge in [0.25, 0.3) is 0 Å². The van der Waals surface area contributed by atoms with Crippen LogP contribution >= 0.6 is 0 Å². The first-order valence-corrected chi connectivity index (χ1v) is 40.3. The highest BCUT2D eigenvalue weighted by Gasteiger charge is 2.39. The molecule has 0 saturated heterocycles. The van der Waals surface area contributed by atoms with E-state index in [1.54, 1.807) is 99.7 Å². The summed E-state index contributed by atoms with van der Waals surface area (Å²) in [6, 6.07) is -13.6. The molecule has 1 aromatic heterocycles. The summed E-state index contributed by atoms with van der Waals surface area (Å²) >= 11 is 0. The highest BCUT2D eigenvalue weighted by molar-refractivity contribution is 6.01. The van der Waals surface area contributed by atoms with Crippen LogP contribution in [0.25, 0.3) is 10.9 Å². The fourth-order valence-electron chi connectivity index (χ4n) is 12.4. The van der Waals surface area contributed by atoms with E-state index in [1.165, 1.54) is 13.8 Å². The second kappa shape index (κ2) is 53.0. The van der Waals surface area contributed by atoms with Crippen molar-refractivity contribution < 1.29 is 96.8 Å². The molecule has 0 fully saturated rings. The molecule has 0 aliphatic rings. The zero-order chi connectivity index (χ0) is 88.5. The minimum atomic E-state index is -1.91. The molecule has 0 unspecified atom stereocenters. The average Bonchev–Trinajstić information content (AvgIpc) is 1.70. The number of hydrogen-bond donors (Lipinski definition) is 22. The highest BCUT2D eigenvalue weighted by atomic mass is 16.4. The number of rotatable bonds is 58. The van der Waals surface area contributed by atoms with Crippen molar-refractivity contribution in [2.24, 2.45) is 58.3 Å². The summed E-state index contributed by atoms with van der Waals surface area (Å²) in [5.41, 5.74) is 30.3. The summed E-state index contributed by atoms with van der Waals surface area (Å²) in [6.07, 6.45) is 1.07. The maximum atomic E-state index is 14.8. The first-order chi connectivity index (χ1) is 55.0. The molecule has 39 nitrogen and oxygen atoms in total. The molecule has 0 aliphatic heterocycles. The normalized spacial score (nSPS) is 15.5. The third-order valence-corrected chi connectivity index (χ3v) is 19.7. The van der Waals surface area contributed by atoms with E-state index >= 15 is 0 Å². The van der Waals surface area contributed by atoms with Gasteiger partial charge in [0.15, 0.2) is 0 Å². The summed E-state index contributed by atoms with van der Waals surface area (Å²) < 4.78 is 0. The number of primary amides is 1. The lowest BCUT2D eigenvalue weighted by Crippen LogP contribution is -2.61. The zero-order valence-electron chi connectivity index (χ0n) is 69.6. The zero-order valence-corrected chi connectivity index (χ0v) is 69.6. The van der Waals surface area contributed by atoms with Crippen molar-refractivity contribution in [3.63, 3.8) is 0 Å². The SMILES string of the molecule is CC[C@H](C)[C@H](N)C(=O)N[C@@H](CC(=O)O)C(=O)N[C@@H](Cc1c[nH]c2ccccc12)C(=O)N[C@@H](CCCCN)C(=O)N[C@@H](CCCCN)C(=O)N[C@@H](CC(C)C)C(=O)N[C@@H](CC(C)C)C(=O)N[C@@H](CC(=O)O)C(=O)N[C@@H](C)C(=O)N[C@@H](C)C(=O)N[C@@H](CCCCN)C(=O)N[C@@H](CCC(N)=O)C(=O)N[C@H](C(=O)N[C@@H](CC(C)C)C(=O)O)[C@@H](C)CC. The molecule has 0 aliphatic carbocycles. The second-order valence-electron chi connectivity index (χ2n) is 31.2. The van der Waals surface area contributed by atoms with Crippen molar-refractivity contribution >= 4 is 112 Å². The summed E-state index contributed by atoms with van der Waals surface area (Å²) in [5.74, 6) is -19.3. The van der Waals surface area contributed by atoms with Crippen LogP contribution in [0, 0.1) is 29.6 Å². The van der Waals surface area contributed by atoms with Crippen molar-refractivity contribution in [3.05, 3.63) is 36.0 Å². The Kier molecular flexibility index (Phi) is 46.5. The first-order valence-electron chi connectivity index (χ1n) is 40.3. The summed E-state index contributed by atoms with van der Waals surface area (Å²) in [7, 11) is 0. The van der Waals surface area contributed by atoms with Crippen LogP contribution in [0.1, 0.15) is 204 Å². The molecule has 39 heteroatoms. The fraction of sp³-hybridized carbons (Fsp3) is 0.679. The maximum absolute atomic E-state index is 14.8. The molecule has 1 aromatic carbocycles. The Morgan fingerprint density at radius 3 is 1.13 bits per heavy atom. The Morgan fingerprint density at radius 2 is 0.709 bits per heavy atom. The maximum Gasteiger partial charge on any atom is 0.326 e. The number of hydrogen-bond acceptors (Lipinski definition) is 21. The molecule has 0 bridgehead atoms. The Labute approximate surface area is 683 Å². The van der Waals surface area contributed by atoms with Gasteiger partial charge in [0, 0.05) is 29.9 Å². The van der Waals surface area contributed by atoms with Gasteiger partial charge in [0.2, 0.25) is 82.7 Å². The fourth-order valence-corrected chi connectivity index (χ4v) is 12.4. The number of H-pyrrole nitrogens is 1. The molecule has 1 heterocycles. The molecular weight excluding hydrogens is 1520 g/mol. The van der Waals surface area contributed by atoms with Gasteiger partial charge in [0.1, 0.15) is 78.5 Å². The van der Waals surface area contributed by atoms with Crippen LogP contribution < -0.4 is 97.8 Å². The van der Waals surface area contributed by atoms with Gasteiger partial charge in [-0.1, -0.05) is 100 Å². The van der Waals surface area contributed by atoms with E-state index in [-0.39, 0.29) is 114 Å². The molecule has 27 N–H and O–H groups in total. The number of aliphatic carboxylic acids is 3. The Balaban J connectivity index is 2.46. The van der Waals surface area contributed by atoms with Gasteiger partial charge in [0.05, 0.1) is 18.9 Å². The second-order valence-corrected chi connectivity index (χ2v) is 31.2. The molecule has 0 spiro atoms. The number of carbonyl (C=O) groups is 17. The lowest BCUT2D eigenvalue weighted by Gasteiger charge is -2.29. The van der Waals surface area contributed by atoms with Crippen molar-refractivity contribution in [1.29, 1.82) is 0 Å². The molecule has 0 saturated carbocycles. The largest absolute Gasteiger partial charge is 0.481 e. The van der Waals surface area contributed by atoms with Crippen LogP contribution in [0.15, 0.2) is 30.5 Å². The average molecular weight is 1660 g/mol. The Hall–Kier alpha value is -10.4. The Bertz CT molecular complexity index is 3650. The molecular formula is C78H131N19O20. The predicted molar refractivity (Wildman–Crippen MR) is 433 cm³/mol. The van der Waals surface area contributed by atoms with E-state index < -0.39 is 210 Å².